The quantitative estimate of drug-likeness (QED) is 0.0880. The maximum atomic E-state index is 12.8. The van der Waals surface area contributed by atoms with Gasteiger partial charge in [-0.2, -0.15) is 0 Å². The van der Waals surface area contributed by atoms with Crippen molar-refractivity contribution in [1.82, 2.24) is 0 Å². The van der Waals surface area contributed by atoms with Crippen LogP contribution in [0, 0.1) is 11.8 Å². The van der Waals surface area contributed by atoms with Gasteiger partial charge in [-0.1, -0.05) is 36.4 Å². The normalized spacial score (nSPS) is 12.5. The number of aromatic hydroxyl groups is 4. The Morgan fingerprint density at radius 3 is 1.31 bits per heavy atom. The smallest absolute Gasteiger partial charge is 0.330 e. The third kappa shape index (κ3) is 10.6. The number of benzene rings is 4. The first-order chi connectivity index (χ1) is 23.1. The average molecular weight is 655 g/mol. The van der Waals surface area contributed by atoms with Gasteiger partial charge >= 0.3 is 11.9 Å². The molecule has 0 saturated heterocycles. The SMILES string of the molecule is COc1cc(C[C@@H](COC(=O)/C=C\c2ccc(O)cc2)[C@H](COC(=O)/C=C\c2ccc(O)cc2)Cc2ccc(O)c(OC)c2)ccc1O. The van der Waals surface area contributed by atoms with Gasteiger partial charge in [0.2, 0.25) is 0 Å². The Hall–Kier alpha value is -5.90. The first-order valence-corrected chi connectivity index (χ1v) is 15.1. The summed E-state index contributed by atoms with van der Waals surface area (Å²) in [4.78, 5) is 25.7. The predicted octanol–water partition coefficient (Wildman–Crippen LogP) is 6.06. The number of ether oxygens (including phenoxy) is 4. The topological polar surface area (TPSA) is 152 Å². The van der Waals surface area contributed by atoms with E-state index in [1.807, 2.05) is 0 Å². The van der Waals surface area contributed by atoms with Crippen LogP contribution in [-0.4, -0.2) is 59.8 Å². The second-order valence-electron chi connectivity index (χ2n) is 11.1. The number of esters is 2. The van der Waals surface area contributed by atoms with Crippen LogP contribution in [0.3, 0.4) is 0 Å². The molecule has 4 rings (SSSR count). The zero-order valence-electron chi connectivity index (χ0n) is 26.6. The molecule has 48 heavy (non-hydrogen) atoms. The van der Waals surface area contributed by atoms with Crippen molar-refractivity contribution in [3.05, 3.63) is 119 Å². The molecular weight excluding hydrogens is 616 g/mol. The van der Waals surface area contributed by atoms with Gasteiger partial charge in [0.15, 0.2) is 23.0 Å². The average Bonchev–Trinajstić information content (AvgIpc) is 3.09. The molecule has 250 valence electrons. The zero-order chi connectivity index (χ0) is 34.5. The highest BCUT2D eigenvalue weighted by Gasteiger charge is 2.26. The van der Waals surface area contributed by atoms with Gasteiger partial charge in [0.05, 0.1) is 27.4 Å². The summed E-state index contributed by atoms with van der Waals surface area (Å²) in [7, 11) is 2.90. The number of phenolic OH excluding ortho intramolecular Hbond substituents is 4. The fourth-order valence-corrected chi connectivity index (χ4v) is 5.00. The summed E-state index contributed by atoms with van der Waals surface area (Å²) < 4.78 is 22.0. The van der Waals surface area contributed by atoms with Gasteiger partial charge in [0.25, 0.3) is 0 Å². The van der Waals surface area contributed by atoms with E-state index in [0.717, 1.165) is 11.1 Å². The summed E-state index contributed by atoms with van der Waals surface area (Å²) >= 11 is 0. The zero-order valence-corrected chi connectivity index (χ0v) is 26.6. The molecule has 0 heterocycles. The second kappa shape index (κ2) is 17.1. The third-order valence-electron chi connectivity index (χ3n) is 7.64. The summed E-state index contributed by atoms with van der Waals surface area (Å²) in [6.45, 7) is -0.0779. The van der Waals surface area contributed by atoms with Crippen molar-refractivity contribution >= 4 is 24.1 Å². The first kappa shape index (κ1) is 35.0. The van der Waals surface area contributed by atoms with E-state index in [9.17, 15) is 30.0 Å². The molecule has 0 bridgehead atoms. The number of hydrogen-bond acceptors (Lipinski definition) is 10. The van der Waals surface area contributed by atoms with Crippen molar-refractivity contribution in [2.24, 2.45) is 11.8 Å². The molecule has 4 aromatic carbocycles. The Morgan fingerprint density at radius 1 is 0.583 bits per heavy atom. The van der Waals surface area contributed by atoms with E-state index in [-0.39, 0.29) is 59.5 Å². The van der Waals surface area contributed by atoms with E-state index in [1.54, 1.807) is 60.7 Å². The van der Waals surface area contributed by atoms with Crippen molar-refractivity contribution < 1.29 is 49.0 Å². The summed E-state index contributed by atoms with van der Waals surface area (Å²) in [5.74, 6) is -1.22. The highest BCUT2D eigenvalue weighted by atomic mass is 16.5. The van der Waals surface area contributed by atoms with Crippen LogP contribution in [0.4, 0.5) is 0 Å². The van der Waals surface area contributed by atoms with Gasteiger partial charge in [-0.15, -0.1) is 0 Å². The predicted molar refractivity (Wildman–Crippen MR) is 180 cm³/mol. The third-order valence-corrected chi connectivity index (χ3v) is 7.64. The number of carbonyl (C=O) groups excluding carboxylic acids is 2. The van der Waals surface area contributed by atoms with E-state index >= 15 is 0 Å². The van der Waals surface area contributed by atoms with Crippen molar-refractivity contribution in [2.75, 3.05) is 27.4 Å². The Morgan fingerprint density at radius 2 is 0.958 bits per heavy atom. The fourth-order valence-electron chi connectivity index (χ4n) is 5.00. The molecule has 0 unspecified atom stereocenters. The second-order valence-corrected chi connectivity index (χ2v) is 11.1. The number of rotatable bonds is 15. The number of carbonyl (C=O) groups is 2. The van der Waals surface area contributed by atoms with Crippen LogP contribution in [0.1, 0.15) is 22.3 Å². The molecular formula is C38H38O10. The van der Waals surface area contributed by atoms with E-state index in [2.05, 4.69) is 0 Å². The minimum atomic E-state index is -0.588. The van der Waals surface area contributed by atoms with E-state index < -0.39 is 11.9 Å². The van der Waals surface area contributed by atoms with Gasteiger partial charge in [-0.05, 0) is 95.8 Å². The molecule has 2 atom stereocenters. The van der Waals surface area contributed by atoms with Gasteiger partial charge < -0.3 is 39.4 Å². The summed E-state index contributed by atoms with van der Waals surface area (Å²) in [6.07, 6.45) is 6.47. The lowest BCUT2D eigenvalue weighted by molar-refractivity contribution is -0.143. The van der Waals surface area contributed by atoms with Gasteiger partial charge in [-0.25, -0.2) is 9.59 Å². The van der Waals surface area contributed by atoms with Crippen molar-refractivity contribution in [3.63, 3.8) is 0 Å². The van der Waals surface area contributed by atoms with Gasteiger partial charge in [0, 0.05) is 24.0 Å². The summed E-state index contributed by atoms with van der Waals surface area (Å²) in [6, 6.07) is 22.6. The van der Waals surface area contributed by atoms with Crippen molar-refractivity contribution in [2.45, 2.75) is 12.8 Å². The lowest BCUT2D eigenvalue weighted by atomic mass is 9.83. The Bertz CT molecular complexity index is 1600. The van der Waals surface area contributed by atoms with Crippen molar-refractivity contribution in [3.8, 4) is 34.5 Å². The van der Waals surface area contributed by atoms with Crippen LogP contribution in [0.15, 0.2) is 97.1 Å². The molecule has 0 spiro atoms. The molecule has 0 aliphatic carbocycles. The van der Waals surface area contributed by atoms with E-state index in [1.165, 1.54) is 62.8 Å². The molecule has 0 saturated carbocycles. The molecule has 0 radical (unpaired) electrons. The molecule has 10 nitrogen and oxygen atoms in total. The summed E-state index contributed by atoms with van der Waals surface area (Å²) in [5, 5.41) is 39.3. The van der Waals surface area contributed by atoms with Crippen LogP contribution >= 0.6 is 0 Å². The van der Waals surface area contributed by atoms with Crippen LogP contribution in [-0.2, 0) is 31.9 Å². The lowest BCUT2D eigenvalue weighted by Gasteiger charge is -2.27. The fraction of sp³-hybridized carbons (Fsp3) is 0.211. The van der Waals surface area contributed by atoms with Gasteiger partial charge in [-0.3, -0.25) is 0 Å². The molecule has 0 aliphatic rings. The number of hydrogen-bond donors (Lipinski definition) is 4. The Labute approximate surface area is 278 Å². The molecule has 4 N–H and O–H groups in total. The molecule has 4 aromatic rings. The highest BCUT2D eigenvalue weighted by Crippen LogP contribution is 2.32. The monoisotopic (exact) mass is 654 g/mol. The van der Waals surface area contributed by atoms with E-state index in [4.69, 9.17) is 18.9 Å². The Balaban J connectivity index is 1.59. The minimum Gasteiger partial charge on any atom is -0.508 e. The van der Waals surface area contributed by atoms with Crippen LogP contribution in [0.2, 0.25) is 0 Å². The molecule has 0 amide bonds. The molecule has 10 heteroatoms. The standard InChI is InChI=1S/C38H38O10/c1-45-35-21-27(7-15-33(35)41)19-29(23-47-37(43)17-9-25-3-11-31(39)12-4-25)30(20-28-8-16-34(42)36(22-28)46-2)24-48-38(44)18-10-26-5-13-32(40)14-6-26/h3-18,21-22,29-30,39-42H,19-20,23-24H2,1-2H3/b17-9-,18-10-/t29-,30-/m0/s1. The molecule has 0 aromatic heterocycles. The number of phenols is 4. The van der Waals surface area contributed by atoms with E-state index in [0.29, 0.717) is 24.0 Å². The maximum absolute atomic E-state index is 12.8. The van der Waals surface area contributed by atoms with Crippen LogP contribution in [0.5, 0.6) is 34.5 Å². The lowest BCUT2D eigenvalue weighted by Crippen LogP contribution is -2.30. The van der Waals surface area contributed by atoms with Crippen LogP contribution < -0.4 is 9.47 Å². The van der Waals surface area contributed by atoms with Crippen LogP contribution in [0.25, 0.3) is 12.2 Å². The maximum Gasteiger partial charge on any atom is 0.330 e. The van der Waals surface area contributed by atoms with Gasteiger partial charge in [0.1, 0.15) is 11.5 Å². The molecule has 0 fully saturated rings. The highest BCUT2D eigenvalue weighted by molar-refractivity contribution is 5.87. The molecule has 0 aliphatic heterocycles. The minimum absolute atomic E-state index is 0.0225. The first-order valence-electron chi connectivity index (χ1n) is 15.1. The van der Waals surface area contributed by atoms with Crippen molar-refractivity contribution in [1.29, 1.82) is 0 Å². The largest absolute Gasteiger partial charge is 0.508 e. The summed E-state index contributed by atoms with van der Waals surface area (Å²) in [5.41, 5.74) is 2.97. The number of methoxy groups -OCH3 is 2. The Kier molecular flexibility index (Phi) is 12.5.